The second-order valence-corrected chi connectivity index (χ2v) is 6.32. The molecular formula is C13H21NO3S. The molecule has 2 N–H and O–H groups in total. The predicted molar refractivity (Wildman–Crippen MR) is 71.8 cm³/mol. The third-order valence-electron chi connectivity index (χ3n) is 3.05. The van der Waals surface area contributed by atoms with Crippen molar-refractivity contribution in [1.29, 1.82) is 0 Å². The highest BCUT2D eigenvalue weighted by Gasteiger charge is 2.22. The van der Waals surface area contributed by atoms with E-state index in [0.717, 1.165) is 5.56 Å². The molecule has 0 aliphatic rings. The second kappa shape index (κ2) is 6.31. The van der Waals surface area contributed by atoms with E-state index in [1.807, 2.05) is 20.8 Å². The van der Waals surface area contributed by atoms with Gasteiger partial charge >= 0.3 is 0 Å². The summed E-state index contributed by atoms with van der Waals surface area (Å²) >= 11 is 0. The Kier molecular flexibility index (Phi) is 5.31. The van der Waals surface area contributed by atoms with E-state index in [-0.39, 0.29) is 23.5 Å². The Bertz CT molecular complexity index is 468. The molecule has 0 aromatic heterocycles. The van der Waals surface area contributed by atoms with Crippen LogP contribution < -0.4 is 4.72 Å². The van der Waals surface area contributed by atoms with E-state index < -0.39 is 10.0 Å². The summed E-state index contributed by atoms with van der Waals surface area (Å²) in [5.41, 5.74) is 1.02. The average molecular weight is 271 g/mol. The van der Waals surface area contributed by atoms with Gasteiger partial charge < -0.3 is 5.11 Å². The lowest BCUT2D eigenvalue weighted by atomic mass is 10.0. The summed E-state index contributed by atoms with van der Waals surface area (Å²) in [6, 6.07) is 6.47. The van der Waals surface area contributed by atoms with Gasteiger partial charge in [0.05, 0.1) is 4.90 Å². The minimum absolute atomic E-state index is 0.0328. The number of benzene rings is 1. The first-order valence-electron chi connectivity index (χ1n) is 6.10. The van der Waals surface area contributed by atoms with E-state index in [9.17, 15) is 8.42 Å². The van der Waals surface area contributed by atoms with Gasteiger partial charge in [0, 0.05) is 12.6 Å². The van der Waals surface area contributed by atoms with Gasteiger partial charge in [-0.2, -0.15) is 0 Å². The standard InChI is InChI=1S/C13H21NO3S/c1-4-13(11(3)9-15)14-18(16,17)12-7-5-10(2)6-8-12/h5-8,11,13-15H,4,9H2,1-3H3/t11-,13+/m0/s1. The lowest BCUT2D eigenvalue weighted by Gasteiger charge is -2.22. The second-order valence-electron chi connectivity index (χ2n) is 4.61. The molecule has 0 unspecified atom stereocenters. The molecule has 1 aromatic rings. The van der Waals surface area contributed by atoms with Gasteiger partial charge in [-0.1, -0.05) is 31.5 Å². The van der Waals surface area contributed by atoms with Crippen LogP contribution in [0.25, 0.3) is 0 Å². The Morgan fingerprint density at radius 3 is 2.28 bits per heavy atom. The number of hydrogen-bond donors (Lipinski definition) is 2. The number of hydrogen-bond acceptors (Lipinski definition) is 3. The van der Waals surface area contributed by atoms with Gasteiger partial charge in [-0.3, -0.25) is 0 Å². The van der Waals surface area contributed by atoms with Crippen molar-refractivity contribution in [3.8, 4) is 0 Å². The molecule has 2 atom stereocenters. The van der Waals surface area contributed by atoms with Crippen LogP contribution in [0.3, 0.4) is 0 Å². The van der Waals surface area contributed by atoms with Crippen molar-refractivity contribution in [2.75, 3.05) is 6.61 Å². The molecule has 0 aliphatic heterocycles. The molecule has 1 rings (SSSR count). The molecule has 5 heteroatoms. The Morgan fingerprint density at radius 2 is 1.83 bits per heavy atom. The quantitative estimate of drug-likeness (QED) is 0.827. The summed E-state index contributed by atoms with van der Waals surface area (Å²) in [6.45, 7) is 5.60. The molecule has 0 saturated carbocycles. The first-order chi connectivity index (χ1) is 8.40. The minimum Gasteiger partial charge on any atom is -0.396 e. The lowest BCUT2D eigenvalue weighted by molar-refractivity contribution is 0.208. The van der Waals surface area contributed by atoms with E-state index in [0.29, 0.717) is 6.42 Å². The van der Waals surface area contributed by atoms with Crippen molar-refractivity contribution in [3.05, 3.63) is 29.8 Å². The Balaban J connectivity index is 2.90. The normalized spacial score (nSPS) is 15.3. The maximum Gasteiger partial charge on any atom is 0.240 e. The molecule has 102 valence electrons. The van der Waals surface area contributed by atoms with Gasteiger partial charge in [0.15, 0.2) is 0 Å². The van der Waals surface area contributed by atoms with Crippen LogP contribution in [0.1, 0.15) is 25.8 Å². The van der Waals surface area contributed by atoms with Crippen LogP contribution in [0, 0.1) is 12.8 Å². The minimum atomic E-state index is -3.50. The molecule has 0 amide bonds. The zero-order valence-electron chi connectivity index (χ0n) is 11.1. The zero-order chi connectivity index (χ0) is 13.8. The zero-order valence-corrected chi connectivity index (χ0v) is 11.9. The maximum atomic E-state index is 12.1. The van der Waals surface area contributed by atoms with Crippen molar-refractivity contribution >= 4 is 10.0 Å². The summed E-state index contributed by atoms with van der Waals surface area (Å²) in [5, 5.41) is 9.11. The molecule has 0 bridgehead atoms. The Hall–Kier alpha value is -0.910. The van der Waals surface area contributed by atoms with Gasteiger partial charge in [-0.05, 0) is 31.4 Å². The number of aryl methyl sites for hydroxylation is 1. The maximum absolute atomic E-state index is 12.1. The summed E-state index contributed by atoms with van der Waals surface area (Å²) in [7, 11) is -3.50. The smallest absolute Gasteiger partial charge is 0.240 e. The number of rotatable bonds is 6. The Morgan fingerprint density at radius 1 is 1.28 bits per heavy atom. The number of aliphatic hydroxyl groups is 1. The van der Waals surface area contributed by atoms with E-state index in [2.05, 4.69) is 4.72 Å². The predicted octanol–water partition coefficient (Wildman–Crippen LogP) is 1.68. The molecule has 0 spiro atoms. The fourth-order valence-corrected chi connectivity index (χ4v) is 3.14. The molecule has 0 saturated heterocycles. The van der Waals surface area contributed by atoms with Crippen LogP contribution in [-0.2, 0) is 10.0 Å². The summed E-state index contributed by atoms with van der Waals surface area (Å²) < 4.78 is 26.9. The Labute approximate surface area is 109 Å². The van der Waals surface area contributed by atoms with Crippen molar-refractivity contribution in [2.45, 2.75) is 38.1 Å². The highest BCUT2D eigenvalue weighted by molar-refractivity contribution is 7.89. The fraction of sp³-hybridized carbons (Fsp3) is 0.538. The molecule has 0 heterocycles. The van der Waals surface area contributed by atoms with Gasteiger partial charge in [0.25, 0.3) is 0 Å². The molecule has 0 radical (unpaired) electrons. The largest absolute Gasteiger partial charge is 0.396 e. The van der Waals surface area contributed by atoms with Crippen LogP contribution >= 0.6 is 0 Å². The van der Waals surface area contributed by atoms with Crippen LogP contribution in [0.2, 0.25) is 0 Å². The van der Waals surface area contributed by atoms with Gasteiger partial charge in [0.2, 0.25) is 10.0 Å². The third-order valence-corrected chi connectivity index (χ3v) is 4.56. The highest BCUT2D eigenvalue weighted by atomic mass is 32.2. The number of sulfonamides is 1. The van der Waals surface area contributed by atoms with Crippen molar-refractivity contribution in [2.24, 2.45) is 5.92 Å². The third kappa shape index (κ3) is 3.80. The van der Waals surface area contributed by atoms with Crippen LogP contribution in [0.5, 0.6) is 0 Å². The molecule has 0 aliphatic carbocycles. The highest BCUT2D eigenvalue weighted by Crippen LogP contribution is 2.14. The molecule has 18 heavy (non-hydrogen) atoms. The van der Waals surface area contributed by atoms with Crippen LogP contribution in [-0.4, -0.2) is 26.2 Å². The van der Waals surface area contributed by atoms with Gasteiger partial charge in [-0.25, -0.2) is 13.1 Å². The van der Waals surface area contributed by atoms with Crippen LogP contribution in [0.4, 0.5) is 0 Å². The van der Waals surface area contributed by atoms with E-state index in [4.69, 9.17) is 5.11 Å². The summed E-state index contributed by atoms with van der Waals surface area (Å²) in [4.78, 5) is 0.261. The summed E-state index contributed by atoms with van der Waals surface area (Å²) in [5.74, 6) is -0.102. The lowest BCUT2D eigenvalue weighted by Crippen LogP contribution is -2.40. The number of aliphatic hydroxyl groups excluding tert-OH is 1. The monoisotopic (exact) mass is 271 g/mol. The molecule has 4 nitrogen and oxygen atoms in total. The molecule has 0 fully saturated rings. The van der Waals surface area contributed by atoms with Crippen molar-refractivity contribution < 1.29 is 13.5 Å². The van der Waals surface area contributed by atoms with E-state index in [1.165, 1.54) is 0 Å². The van der Waals surface area contributed by atoms with E-state index >= 15 is 0 Å². The van der Waals surface area contributed by atoms with Crippen molar-refractivity contribution in [1.82, 2.24) is 4.72 Å². The molecular weight excluding hydrogens is 250 g/mol. The van der Waals surface area contributed by atoms with Gasteiger partial charge in [0.1, 0.15) is 0 Å². The van der Waals surface area contributed by atoms with Crippen LogP contribution in [0.15, 0.2) is 29.2 Å². The first-order valence-corrected chi connectivity index (χ1v) is 7.59. The van der Waals surface area contributed by atoms with Gasteiger partial charge in [-0.15, -0.1) is 0 Å². The first kappa shape index (κ1) is 15.1. The average Bonchev–Trinajstić information content (AvgIpc) is 2.35. The van der Waals surface area contributed by atoms with E-state index in [1.54, 1.807) is 24.3 Å². The summed E-state index contributed by atoms with van der Waals surface area (Å²) in [6.07, 6.45) is 0.646. The van der Waals surface area contributed by atoms with Crippen molar-refractivity contribution in [3.63, 3.8) is 0 Å². The molecule has 1 aromatic carbocycles. The topological polar surface area (TPSA) is 66.4 Å². The SMILES string of the molecule is CC[C@@H](NS(=O)(=O)c1ccc(C)cc1)[C@@H](C)CO. The number of nitrogens with one attached hydrogen (secondary N) is 1. The fourth-order valence-electron chi connectivity index (χ4n) is 1.71.